The summed E-state index contributed by atoms with van der Waals surface area (Å²) in [7, 11) is 0. The Hall–Kier alpha value is -3.53. The molecule has 8 rings (SSSR count). The van der Waals surface area contributed by atoms with Crippen LogP contribution in [0.1, 0.15) is 146 Å². The maximum absolute atomic E-state index is 14.6. The molecule has 1 amide bonds. The van der Waals surface area contributed by atoms with E-state index in [-0.39, 0.29) is 69.6 Å². The molecular formula is C49H66ClN3O7. The van der Waals surface area contributed by atoms with Crippen molar-refractivity contribution in [3.63, 3.8) is 0 Å². The van der Waals surface area contributed by atoms with Crippen molar-refractivity contribution < 1.29 is 33.4 Å². The summed E-state index contributed by atoms with van der Waals surface area (Å²) in [6.07, 6.45) is 7.78. The van der Waals surface area contributed by atoms with E-state index < -0.39 is 34.2 Å². The highest BCUT2D eigenvalue weighted by atomic mass is 35.5. The number of hydrogen-bond acceptors (Lipinski definition) is 8. The van der Waals surface area contributed by atoms with Crippen LogP contribution in [0.3, 0.4) is 0 Å². The summed E-state index contributed by atoms with van der Waals surface area (Å²) in [6, 6.07) is 7.13. The molecule has 6 aliphatic carbocycles. The zero-order chi connectivity index (χ0) is 43.7. The Kier molecular flexibility index (Phi) is 10.1. The lowest BCUT2D eigenvalue weighted by Gasteiger charge is -2.72. The molecule has 6 aliphatic rings. The standard InChI is InChI=1S/C49H66ClN3O7/c1-26(2)36-32(54)25-49(51-41(58)45(7,8)42-53-52-38(60-42)27-12-14-28(50)15-13-27)23-22-47(10)29(37(36)49)16-17-34-46(9)20-19-35(44(5,6)33(46)18-21-48(34,47)11)59-40(57)31-24-30(39(55)56)43(31,3)4/h12-15,26,29-31,33-35H,16-25H2,1-11H3,(H,51,58)(H,55,56)/t29-,30+,31-,33+,34-,35+,46+,47-,48-,49-/m1/s1. The van der Waals surface area contributed by atoms with Gasteiger partial charge in [0.2, 0.25) is 17.7 Å². The Morgan fingerprint density at radius 1 is 0.867 bits per heavy atom. The minimum atomic E-state index is -1.16. The number of benzene rings is 1. The van der Waals surface area contributed by atoms with Crippen molar-refractivity contribution in [1.82, 2.24) is 15.5 Å². The molecule has 0 bridgehead atoms. The number of carboxylic acids is 1. The SMILES string of the molecule is CC(C)C1=C2[C@H]3CC[C@@H]4[C@@]5(C)CC[C@H](OC(=O)[C@H]6C[C@@H](C(=O)O)C6(C)C)C(C)(C)[C@@H]5CC[C@@]4(C)[C@]3(C)CC[C@@]2(NC(=O)C(C)(C)c2nnc(-c3ccc(Cl)cc3)o2)CC1=O. The first-order valence-electron chi connectivity index (χ1n) is 22.5. The molecule has 5 fully saturated rings. The van der Waals surface area contributed by atoms with Gasteiger partial charge in [-0.15, -0.1) is 10.2 Å². The fourth-order valence-corrected chi connectivity index (χ4v) is 14.7. The van der Waals surface area contributed by atoms with E-state index in [2.05, 4.69) is 64.0 Å². The zero-order valence-electron chi connectivity index (χ0n) is 37.6. The van der Waals surface area contributed by atoms with Crippen LogP contribution in [-0.2, 0) is 29.3 Å². The maximum atomic E-state index is 14.6. The summed E-state index contributed by atoms with van der Waals surface area (Å²) in [5.74, 6) is -0.616. The van der Waals surface area contributed by atoms with Gasteiger partial charge in [0.05, 0.1) is 17.4 Å². The molecule has 5 saturated carbocycles. The average Bonchev–Trinajstić information content (AvgIpc) is 3.76. The van der Waals surface area contributed by atoms with E-state index in [1.807, 2.05) is 26.0 Å². The Morgan fingerprint density at radius 2 is 1.55 bits per heavy atom. The van der Waals surface area contributed by atoms with Crippen molar-refractivity contribution in [3.8, 4) is 11.5 Å². The molecule has 326 valence electrons. The number of halogens is 1. The molecule has 1 aromatic carbocycles. The van der Waals surface area contributed by atoms with Gasteiger partial charge in [-0.3, -0.25) is 19.2 Å². The van der Waals surface area contributed by atoms with Gasteiger partial charge in [0.25, 0.3) is 0 Å². The van der Waals surface area contributed by atoms with Crippen LogP contribution in [-0.4, -0.2) is 50.6 Å². The van der Waals surface area contributed by atoms with E-state index in [1.165, 1.54) is 5.57 Å². The van der Waals surface area contributed by atoms with Gasteiger partial charge in [-0.2, -0.15) is 0 Å². The molecule has 10 nitrogen and oxygen atoms in total. The van der Waals surface area contributed by atoms with Crippen LogP contribution < -0.4 is 5.32 Å². The highest BCUT2D eigenvalue weighted by Crippen LogP contribution is 2.76. The molecule has 2 aromatic rings. The molecule has 11 heteroatoms. The summed E-state index contributed by atoms with van der Waals surface area (Å²) < 4.78 is 12.6. The maximum Gasteiger partial charge on any atom is 0.309 e. The number of aromatic nitrogens is 2. The number of ketones is 1. The number of esters is 1. The van der Waals surface area contributed by atoms with E-state index in [9.17, 15) is 24.3 Å². The lowest BCUT2D eigenvalue weighted by Crippen LogP contribution is -2.67. The molecule has 1 aromatic heterocycles. The van der Waals surface area contributed by atoms with Crippen LogP contribution >= 0.6 is 11.6 Å². The number of carbonyl (C=O) groups excluding carboxylic acids is 3. The number of allylic oxidation sites excluding steroid dienone is 1. The number of carbonyl (C=O) groups is 4. The number of ether oxygens (including phenoxy) is 1. The predicted octanol–water partition coefficient (Wildman–Crippen LogP) is 10.2. The smallest absolute Gasteiger partial charge is 0.309 e. The third-order valence-corrected chi connectivity index (χ3v) is 18.7. The Labute approximate surface area is 360 Å². The quantitative estimate of drug-likeness (QED) is 0.248. The zero-order valence-corrected chi connectivity index (χ0v) is 38.3. The molecule has 0 unspecified atom stereocenters. The third-order valence-electron chi connectivity index (χ3n) is 18.4. The summed E-state index contributed by atoms with van der Waals surface area (Å²) in [5, 5.41) is 22.4. The second-order valence-corrected chi connectivity index (χ2v) is 23.0. The number of carboxylic acid groups (broad SMARTS) is 1. The summed E-state index contributed by atoms with van der Waals surface area (Å²) >= 11 is 6.11. The number of rotatable bonds is 8. The molecule has 0 radical (unpaired) electrons. The highest BCUT2D eigenvalue weighted by Gasteiger charge is 2.71. The number of nitrogens with zero attached hydrogens (tertiary/aromatic N) is 2. The number of Topliss-reactive ketones (excluding diaryl/α,β-unsaturated/α-hetero) is 1. The summed E-state index contributed by atoms with van der Waals surface area (Å²) in [4.78, 5) is 54.4. The molecule has 0 aliphatic heterocycles. The van der Waals surface area contributed by atoms with Gasteiger partial charge in [-0.25, -0.2) is 0 Å². The van der Waals surface area contributed by atoms with Gasteiger partial charge < -0.3 is 19.6 Å². The van der Waals surface area contributed by atoms with Gasteiger partial charge in [0, 0.05) is 22.4 Å². The second kappa shape index (κ2) is 14.0. The van der Waals surface area contributed by atoms with Crippen LogP contribution in [0, 0.1) is 62.6 Å². The molecule has 1 heterocycles. The first kappa shape index (κ1) is 43.1. The number of amides is 1. The summed E-state index contributed by atoms with van der Waals surface area (Å²) in [5.41, 5.74) is -0.113. The monoisotopic (exact) mass is 843 g/mol. The van der Waals surface area contributed by atoms with Gasteiger partial charge >= 0.3 is 11.9 Å². The van der Waals surface area contributed by atoms with E-state index in [1.54, 1.807) is 26.0 Å². The summed E-state index contributed by atoms with van der Waals surface area (Å²) in [6.45, 7) is 23.7. The first-order chi connectivity index (χ1) is 27.8. The number of fused-ring (bicyclic) bond motifs is 7. The lowest BCUT2D eigenvalue weighted by atomic mass is 9.33. The van der Waals surface area contributed by atoms with Gasteiger partial charge in [0.1, 0.15) is 11.5 Å². The van der Waals surface area contributed by atoms with Crippen LogP contribution in [0.15, 0.2) is 39.8 Å². The van der Waals surface area contributed by atoms with Gasteiger partial charge in [-0.1, -0.05) is 73.9 Å². The van der Waals surface area contributed by atoms with E-state index in [0.717, 1.165) is 50.5 Å². The number of hydrogen-bond donors (Lipinski definition) is 2. The van der Waals surface area contributed by atoms with Crippen molar-refractivity contribution >= 4 is 35.2 Å². The van der Waals surface area contributed by atoms with Crippen molar-refractivity contribution in [3.05, 3.63) is 46.3 Å². The Bertz CT molecular complexity index is 2150. The van der Waals surface area contributed by atoms with E-state index in [0.29, 0.717) is 41.2 Å². The topological polar surface area (TPSA) is 149 Å². The first-order valence-corrected chi connectivity index (χ1v) is 22.9. The lowest BCUT2D eigenvalue weighted by molar-refractivity contribution is -0.235. The number of aliphatic carboxylic acids is 1. The molecule has 2 N–H and O–H groups in total. The van der Waals surface area contributed by atoms with Gasteiger partial charge in [0.15, 0.2) is 5.78 Å². The largest absolute Gasteiger partial charge is 0.481 e. The molecule has 10 atom stereocenters. The minimum absolute atomic E-state index is 0.0133. The molecule has 0 saturated heterocycles. The average molecular weight is 845 g/mol. The fraction of sp³-hybridized carbons (Fsp3) is 0.714. The van der Waals surface area contributed by atoms with Crippen LogP contribution in [0.5, 0.6) is 0 Å². The molecular weight excluding hydrogens is 778 g/mol. The van der Waals surface area contributed by atoms with E-state index >= 15 is 0 Å². The van der Waals surface area contributed by atoms with Crippen LogP contribution in [0.2, 0.25) is 5.02 Å². The molecule has 60 heavy (non-hydrogen) atoms. The Morgan fingerprint density at radius 3 is 2.18 bits per heavy atom. The second-order valence-electron chi connectivity index (χ2n) is 22.6. The van der Waals surface area contributed by atoms with Crippen molar-refractivity contribution in [2.75, 3.05) is 0 Å². The van der Waals surface area contributed by atoms with Crippen molar-refractivity contribution in [2.24, 2.45) is 62.6 Å². The van der Waals surface area contributed by atoms with Crippen LogP contribution in [0.25, 0.3) is 11.5 Å². The third kappa shape index (κ3) is 6.05. The fourth-order valence-electron chi connectivity index (χ4n) is 14.6. The highest BCUT2D eigenvalue weighted by molar-refractivity contribution is 6.30. The van der Waals surface area contributed by atoms with Crippen molar-refractivity contribution in [2.45, 2.75) is 157 Å². The van der Waals surface area contributed by atoms with Crippen molar-refractivity contribution in [1.29, 1.82) is 0 Å². The predicted molar refractivity (Wildman–Crippen MR) is 229 cm³/mol. The number of nitrogens with one attached hydrogen (secondary N) is 1. The molecule has 0 spiro atoms. The van der Waals surface area contributed by atoms with Crippen LogP contribution in [0.4, 0.5) is 0 Å². The Balaban J connectivity index is 1.05. The van der Waals surface area contributed by atoms with E-state index in [4.69, 9.17) is 20.8 Å². The minimum Gasteiger partial charge on any atom is -0.481 e. The van der Waals surface area contributed by atoms with Gasteiger partial charge in [-0.05, 0) is 152 Å². The normalized spacial score (nSPS) is 37.9.